The largest absolute Gasteiger partial charge is 0.165 e. The van der Waals surface area contributed by atoms with Crippen LogP contribution >= 0.6 is 24.4 Å². The molecular formula is C10H14S2. The minimum Gasteiger partial charge on any atom is -0.165 e. The predicted octanol–water partition coefficient (Wildman–Crippen LogP) is 3.13. The number of rotatable bonds is 5. The SMILES string of the molecule is C#C/C=C\C=C/CSC(S)CC. The van der Waals surface area contributed by atoms with Gasteiger partial charge in [0.2, 0.25) is 0 Å². The molecule has 0 amide bonds. The predicted molar refractivity (Wildman–Crippen MR) is 62.6 cm³/mol. The summed E-state index contributed by atoms with van der Waals surface area (Å²) >= 11 is 6.18. The number of hydrogen-bond donors (Lipinski definition) is 1. The van der Waals surface area contributed by atoms with Crippen molar-refractivity contribution in [2.75, 3.05) is 5.75 Å². The first-order valence-corrected chi connectivity index (χ1v) is 5.45. The number of thioether (sulfide) groups is 1. The Hall–Kier alpha value is -0.260. The molecule has 0 radical (unpaired) electrons. The van der Waals surface area contributed by atoms with Crippen LogP contribution in [-0.2, 0) is 0 Å². The number of thiol groups is 1. The Kier molecular flexibility index (Phi) is 8.64. The Balaban J connectivity index is 3.37. The molecule has 0 aromatic rings. The molecule has 0 saturated carbocycles. The molecule has 1 unspecified atom stereocenters. The third kappa shape index (κ3) is 7.84. The summed E-state index contributed by atoms with van der Waals surface area (Å²) in [7, 11) is 0. The summed E-state index contributed by atoms with van der Waals surface area (Å²) < 4.78 is 0.450. The van der Waals surface area contributed by atoms with Gasteiger partial charge in [0.05, 0.1) is 0 Å². The number of allylic oxidation sites excluding steroid dienone is 3. The van der Waals surface area contributed by atoms with Crippen LogP contribution in [-0.4, -0.2) is 10.3 Å². The van der Waals surface area contributed by atoms with Crippen LogP contribution in [0.4, 0.5) is 0 Å². The lowest BCUT2D eigenvalue weighted by atomic mass is 10.4. The third-order valence-corrected chi connectivity index (χ3v) is 3.09. The highest BCUT2D eigenvalue weighted by Crippen LogP contribution is 2.17. The molecule has 0 aliphatic carbocycles. The first kappa shape index (κ1) is 11.7. The molecule has 1 atom stereocenters. The summed E-state index contributed by atoms with van der Waals surface area (Å²) in [6.45, 7) is 2.13. The lowest BCUT2D eigenvalue weighted by molar-refractivity contribution is 1.06. The Morgan fingerprint density at radius 3 is 2.92 bits per heavy atom. The van der Waals surface area contributed by atoms with Crippen LogP contribution in [0.5, 0.6) is 0 Å². The second kappa shape index (κ2) is 8.83. The van der Waals surface area contributed by atoms with Gasteiger partial charge in [0.1, 0.15) is 0 Å². The fourth-order valence-electron chi connectivity index (χ4n) is 0.530. The number of terminal acetylenes is 1. The van der Waals surface area contributed by atoms with Gasteiger partial charge in [-0.15, -0.1) is 18.2 Å². The van der Waals surface area contributed by atoms with Crippen molar-refractivity contribution in [2.45, 2.75) is 17.9 Å². The topological polar surface area (TPSA) is 0 Å². The molecule has 0 aromatic heterocycles. The quantitative estimate of drug-likeness (QED) is 0.306. The maximum atomic E-state index is 5.02. The van der Waals surface area contributed by atoms with Gasteiger partial charge in [0.15, 0.2) is 0 Å². The normalized spacial score (nSPS) is 13.8. The average Bonchev–Trinajstić information content (AvgIpc) is 2.10. The maximum Gasteiger partial charge on any atom is 0.0472 e. The second-order valence-electron chi connectivity index (χ2n) is 2.15. The van der Waals surface area contributed by atoms with Gasteiger partial charge in [-0.1, -0.05) is 31.1 Å². The monoisotopic (exact) mass is 198 g/mol. The Morgan fingerprint density at radius 1 is 1.58 bits per heavy atom. The summed E-state index contributed by atoms with van der Waals surface area (Å²) in [6, 6.07) is 0. The highest BCUT2D eigenvalue weighted by atomic mass is 32.2. The molecule has 0 saturated heterocycles. The van der Waals surface area contributed by atoms with E-state index in [2.05, 4.69) is 31.5 Å². The first-order chi connectivity index (χ1) is 5.81. The Morgan fingerprint density at radius 2 is 2.33 bits per heavy atom. The van der Waals surface area contributed by atoms with Crippen molar-refractivity contribution in [3.63, 3.8) is 0 Å². The molecule has 0 fully saturated rings. The van der Waals surface area contributed by atoms with Crippen molar-refractivity contribution >= 4 is 24.4 Å². The van der Waals surface area contributed by atoms with E-state index in [1.54, 1.807) is 6.08 Å². The summed E-state index contributed by atoms with van der Waals surface area (Å²) in [5.41, 5.74) is 0. The highest BCUT2D eigenvalue weighted by Gasteiger charge is 1.95. The molecule has 0 aliphatic heterocycles. The summed E-state index contributed by atoms with van der Waals surface area (Å²) in [5.74, 6) is 3.42. The van der Waals surface area contributed by atoms with Crippen LogP contribution in [0.3, 0.4) is 0 Å². The van der Waals surface area contributed by atoms with E-state index < -0.39 is 0 Å². The van der Waals surface area contributed by atoms with E-state index in [9.17, 15) is 0 Å². The van der Waals surface area contributed by atoms with Gasteiger partial charge in [-0.3, -0.25) is 0 Å². The van der Waals surface area contributed by atoms with Gasteiger partial charge in [0, 0.05) is 10.3 Å². The zero-order chi connectivity index (χ0) is 9.23. The van der Waals surface area contributed by atoms with Crippen molar-refractivity contribution in [3.05, 3.63) is 24.3 Å². The molecule has 0 nitrogen and oxygen atoms in total. The molecule has 0 rings (SSSR count). The molecule has 0 N–H and O–H groups in total. The molecule has 0 bridgehead atoms. The minimum atomic E-state index is 0.450. The van der Waals surface area contributed by atoms with Crippen LogP contribution < -0.4 is 0 Å². The first-order valence-electron chi connectivity index (χ1n) is 3.88. The van der Waals surface area contributed by atoms with E-state index >= 15 is 0 Å². The van der Waals surface area contributed by atoms with Gasteiger partial charge < -0.3 is 0 Å². The molecule has 0 heterocycles. The van der Waals surface area contributed by atoms with E-state index in [-0.39, 0.29) is 0 Å². The van der Waals surface area contributed by atoms with E-state index in [4.69, 9.17) is 6.42 Å². The van der Waals surface area contributed by atoms with E-state index in [1.165, 1.54) is 0 Å². The van der Waals surface area contributed by atoms with Gasteiger partial charge in [-0.2, -0.15) is 12.6 Å². The number of hydrogen-bond acceptors (Lipinski definition) is 2. The van der Waals surface area contributed by atoms with Crippen LogP contribution in [0.2, 0.25) is 0 Å². The van der Waals surface area contributed by atoms with Crippen LogP contribution in [0, 0.1) is 12.3 Å². The van der Waals surface area contributed by atoms with Crippen LogP contribution in [0.1, 0.15) is 13.3 Å². The van der Waals surface area contributed by atoms with Gasteiger partial charge in [-0.05, 0) is 12.5 Å². The highest BCUT2D eigenvalue weighted by molar-refractivity contribution is 8.10. The lowest BCUT2D eigenvalue weighted by Crippen LogP contribution is -1.88. The average molecular weight is 198 g/mol. The van der Waals surface area contributed by atoms with Crippen LogP contribution in [0.25, 0.3) is 0 Å². The molecule has 2 heteroatoms. The smallest absolute Gasteiger partial charge is 0.0472 e. The van der Waals surface area contributed by atoms with E-state index in [0.29, 0.717) is 4.58 Å². The van der Waals surface area contributed by atoms with Crippen LogP contribution in [0.15, 0.2) is 24.3 Å². The zero-order valence-electron chi connectivity index (χ0n) is 7.23. The van der Waals surface area contributed by atoms with Crippen molar-refractivity contribution in [1.82, 2.24) is 0 Å². The van der Waals surface area contributed by atoms with Gasteiger partial charge >= 0.3 is 0 Å². The van der Waals surface area contributed by atoms with Crippen molar-refractivity contribution in [3.8, 4) is 12.3 Å². The summed E-state index contributed by atoms with van der Waals surface area (Å²) in [6.07, 6.45) is 13.7. The fourth-order valence-corrected chi connectivity index (χ4v) is 1.47. The molecule has 0 spiro atoms. The lowest BCUT2D eigenvalue weighted by Gasteiger charge is -2.02. The maximum absolute atomic E-state index is 5.02. The van der Waals surface area contributed by atoms with E-state index in [0.717, 1.165) is 12.2 Å². The Labute approximate surface area is 84.9 Å². The summed E-state index contributed by atoms with van der Waals surface area (Å²) in [4.78, 5) is 0. The Bertz CT molecular complexity index is 187. The van der Waals surface area contributed by atoms with Crippen molar-refractivity contribution in [1.29, 1.82) is 0 Å². The van der Waals surface area contributed by atoms with Gasteiger partial charge in [0.25, 0.3) is 0 Å². The third-order valence-electron chi connectivity index (χ3n) is 1.17. The molecule has 66 valence electrons. The van der Waals surface area contributed by atoms with Gasteiger partial charge in [-0.25, -0.2) is 0 Å². The van der Waals surface area contributed by atoms with Crippen molar-refractivity contribution < 1.29 is 0 Å². The molecule has 0 aliphatic rings. The standard InChI is InChI=1S/C10H14S2/c1-3-5-6-7-8-9-12-10(11)4-2/h1,5-8,10-11H,4,9H2,2H3/b6-5-,8-7-. The zero-order valence-corrected chi connectivity index (χ0v) is 8.94. The fraction of sp³-hybridized carbons (Fsp3) is 0.400. The molecular weight excluding hydrogens is 184 g/mol. The van der Waals surface area contributed by atoms with Crippen molar-refractivity contribution in [2.24, 2.45) is 0 Å². The molecule has 0 aromatic carbocycles. The minimum absolute atomic E-state index is 0.450. The second-order valence-corrected chi connectivity index (χ2v) is 4.36. The van der Waals surface area contributed by atoms with E-state index in [1.807, 2.05) is 23.9 Å². The summed E-state index contributed by atoms with van der Waals surface area (Å²) in [5, 5.41) is 0. The molecule has 12 heavy (non-hydrogen) atoms.